The van der Waals surface area contributed by atoms with Crippen LogP contribution in [0.2, 0.25) is 0 Å². The minimum atomic E-state index is -0.260. The second-order valence-electron chi connectivity index (χ2n) is 2.79. The molecule has 0 heterocycles. The van der Waals surface area contributed by atoms with Crippen LogP contribution in [-0.4, -0.2) is 22.3 Å². The largest absolute Gasteiger partial charge is 0.391 e. The lowest BCUT2D eigenvalue weighted by Crippen LogP contribution is -2.41. The van der Waals surface area contributed by atoms with Gasteiger partial charge in [0.15, 0.2) is 0 Å². The molecule has 1 aliphatic carbocycles. The molecule has 3 nitrogen and oxygen atoms in total. The average Bonchev–Trinajstić information content (AvgIpc) is 2.36. The summed E-state index contributed by atoms with van der Waals surface area (Å²) < 4.78 is 0. The van der Waals surface area contributed by atoms with Crippen molar-refractivity contribution in [3.05, 3.63) is 11.2 Å². The summed E-state index contributed by atoms with van der Waals surface area (Å²) in [7, 11) is 0. The fourth-order valence-electron chi connectivity index (χ4n) is 1.44. The molecule has 0 aromatic carbocycles. The Balaban J connectivity index is 2.45. The van der Waals surface area contributed by atoms with Crippen molar-refractivity contribution in [2.45, 2.75) is 31.4 Å². The highest BCUT2D eigenvalue weighted by Gasteiger charge is 2.27. The molecular weight excluding hydrogens is 208 g/mol. The molecule has 4 heteroatoms. The SMILES string of the molecule is NN(/C=C/Br)[C@H]1CCC[C@@H]1O. The number of aliphatic hydroxyl groups is 1. The standard InChI is InChI=1S/C7H13BrN2O/c8-4-5-10(9)6-2-1-3-7(6)11/h4-7,11H,1-3,9H2/b5-4+/t6-,7-/m0/s1. The van der Waals surface area contributed by atoms with Crippen LogP contribution in [0.3, 0.4) is 0 Å². The van der Waals surface area contributed by atoms with E-state index in [9.17, 15) is 5.11 Å². The molecule has 1 fully saturated rings. The Morgan fingerprint density at radius 3 is 2.73 bits per heavy atom. The summed E-state index contributed by atoms with van der Waals surface area (Å²) >= 11 is 3.13. The molecule has 2 atom stereocenters. The van der Waals surface area contributed by atoms with Gasteiger partial charge in [0.1, 0.15) is 0 Å². The predicted octanol–water partition coefficient (Wildman–Crippen LogP) is 0.942. The summed E-state index contributed by atoms with van der Waals surface area (Å²) in [5.74, 6) is 5.64. The van der Waals surface area contributed by atoms with E-state index in [4.69, 9.17) is 5.84 Å². The molecule has 1 aliphatic rings. The second kappa shape index (κ2) is 4.09. The normalized spacial score (nSPS) is 31.5. The molecule has 3 N–H and O–H groups in total. The van der Waals surface area contributed by atoms with E-state index in [1.807, 2.05) is 0 Å². The van der Waals surface area contributed by atoms with E-state index in [0.29, 0.717) is 0 Å². The average molecular weight is 221 g/mol. The van der Waals surface area contributed by atoms with Crippen LogP contribution < -0.4 is 5.84 Å². The minimum absolute atomic E-state index is 0.101. The zero-order chi connectivity index (χ0) is 8.27. The summed E-state index contributed by atoms with van der Waals surface area (Å²) in [6, 6.07) is 0.101. The molecule has 0 radical (unpaired) electrons. The molecule has 1 rings (SSSR count). The summed E-state index contributed by atoms with van der Waals surface area (Å²) in [4.78, 5) is 1.69. The molecule has 0 amide bonds. The highest BCUT2D eigenvalue weighted by Crippen LogP contribution is 2.22. The molecule has 0 saturated heterocycles. The van der Waals surface area contributed by atoms with Gasteiger partial charge in [0.05, 0.1) is 12.1 Å². The highest BCUT2D eigenvalue weighted by molar-refractivity contribution is 9.11. The van der Waals surface area contributed by atoms with Gasteiger partial charge in [-0.25, -0.2) is 5.84 Å². The van der Waals surface area contributed by atoms with Crippen LogP contribution in [0.5, 0.6) is 0 Å². The van der Waals surface area contributed by atoms with E-state index in [-0.39, 0.29) is 12.1 Å². The van der Waals surface area contributed by atoms with Crippen molar-refractivity contribution in [3.8, 4) is 0 Å². The number of hydrogen-bond acceptors (Lipinski definition) is 3. The lowest BCUT2D eigenvalue weighted by atomic mass is 10.2. The van der Waals surface area contributed by atoms with Crippen molar-refractivity contribution in [2.75, 3.05) is 0 Å². The van der Waals surface area contributed by atoms with Gasteiger partial charge >= 0.3 is 0 Å². The summed E-state index contributed by atoms with van der Waals surface area (Å²) in [6.07, 6.45) is 4.38. The molecule has 0 bridgehead atoms. The molecule has 64 valence electrons. The number of halogens is 1. The Morgan fingerprint density at radius 2 is 2.27 bits per heavy atom. The molecular formula is C7H13BrN2O. The zero-order valence-corrected chi connectivity index (χ0v) is 7.87. The molecule has 0 aromatic rings. The molecule has 0 aromatic heterocycles. The Labute approximate surface area is 75.0 Å². The first kappa shape index (κ1) is 9.03. The maximum Gasteiger partial charge on any atom is 0.0758 e. The van der Waals surface area contributed by atoms with Crippen LogP contribution >= 0.6 is 15.9 Å². The first-order valence-electron chi connectivity index (χ1n) is 3.73. The number of nitrogens with two attached hydrogens (primary N) is 1. The smallest absolute Gasteiger partial charge is 0.0758 e. The Bertz CT molecular complexity index is 151. The van der Waals surface area contributed by atoms with Crippen LogP contribution in [0, 0.1) is 0 Å². The van der Waals surface area contributed by atoms with Gasteiger partial charge in [-0.15, -0.1) is 0 Å². The number of rotatable bonds is 2. The van der Waals surface area contributed by atoms with Crippen molar-refractivity contribution < 1.29 is 5.11 Å². The van der Waals surface area contributed by atoms with E-state index in [0.717, 1.165) is 19.3 Å². The Morgan fingerprint density at radius 1 is 1.55 bits per heavy atom. The lowest BCUT2D eigenvalue weighted by molar-refractivity contribution is 0.0980. The fraction of sp³-hybridized carbons (Fsp3) is 0.714. The Hall–Kier alpha value is -0.0600. The fourth-order valence-corrected chi connectivity index (χ4v) is 1.72. The third-order valence-electron chi connectivity index (χ3n) is 2.06. The van der Waals surface area contributed by atoms with Gasteiger partial charge < -0.3 is 10.1 Å². The van der Waals surface area contributed by atoms with Gasteiger partial charge in [0.25, 0.3) is 0 Å². The Kier molecular flexibility index (Phi) is 3.36. The summed E-state index contributed by atoms with van der Waals surface area (Å²) in [6.45, 7) is 0. The number of hydrazine groups is 1. The van der Waals surface area contributed by atoms with Crippen LogP contribution in [0.15, 0.2) is 11.2 Å². The lowest BCUT2D eigenvalue weighted by Gasteiger charge is -2.24. The predicted molar refractivity (Wildman–Crippen MR) is 47.7 cm³/mol. The number of hydrogen-bond donors (Lipinski definition) is 2. The minimum Gasteiger partial charge on any atom is -0.391 e. The van der Waals surface area contributed by atoms with Crippen LogP contribution in [-0.2, 0) is 0 Å². The molecule has 0 unspecified atom stereocenters. The summed E-state index contributed by atoms with van der Waals surface area (Å²) in [5, 5.41) is 11.0. The van der Waals surface area contributed by atoms with Crippen LogP contribution in [0.25, 0.3) is 0 Å². The van der Waals surface area contributed by atoms with Gasteiger partial charge in [0, 0.05) is 6.20 Å². The topological polar surface area (TPSA) is 49.5 Å². The number of aliphatic hydroxyl groups excluding tert-OH is 1. The van der Waals surface area contributed by atoms with E-state index in [1.54, 1.807) is 16.2 Å². The van der Waals surface area contributed by atoms with Gasteiger partial charge in [-0.05, 0) is 24.2 Å². The molecule has 1 saturated carbocycles. The third kappa shape index (κ3) is 2.18. The van der Waals surface area contributed by atoms with Crippen molar-refractivity contribution in [1.29, 1.82) is 0 Å². The first-order chi connectivity index (χ1) is 5.25. The van der Waals surface area contributed by atoms with E-state index >= 15 is 0 Å². The van der Waals surface area contributed by atoms with Crippen LogP contribution in [0.1, 0.15) is 19.3 Å². The van der Waals surface area contributed by atoms with Crippen molar-refractivity contribution in [2.24, 2.45) is 5.84 Å². The van der Waals surface area contributed by atoms with Gasteiger partial charge in [0.2, 0.25) is 0 Å². The highest BCUT2D eigenvalue weighted by atomic mass is 79.9. The molecule has 0 aliphatic heterocycles. The molecule has 0 spiro atoms. The second-order valence-corrected chi connectivity index (χ2v) is 3.32. The van der Waals surface area contributed by atoms with E-state index in [1.165, 1.54) is 0 Å². The van der Waals surface area contributed by atoms with Crippen molar-refractivity contribution >= 4 is 15.9 Å². The number of nitrogens with zero attached hydrogens (tertiary/aromatic N) is 1. The van der Waals surface area contributed by atoms with E-state index in [2.05, 4.69) is 15.9 Å². The monoisotopic (exact) mass is 220 g/mol. The van der Waals surface area contributed by atoms with Gasteiger partial charge in [-0.1, -0.05) is 15.9 Å². The van der Waals surface area contributed by atoms with Crippen molar-refractivity contribution in [3.63, 3.8) is 0 Å². The van der Waals surface area contributed by atoms with Gasteiger partial charge in [-0.2, -0.15) is 0 Å². The van der Waals surface area contributed by atoms with Gasteiger partial charge in [-0.3, -0.25) is 0 Å². The van der Waals surface area contributed by atoms with E-state index < -0.39 is 0 Å². The first-order valence-corrected chi connectivity index (χ1v) is 4.65. The third-order valence-corrected chi connectivity index (χ3v) is 2.29. The van der Waals surface area contributed by atoms with Crippen LogP contribution in [0.4, 0.5) is 0 Å². The quantitative estimate of drug-likeness (QED) is 0.539. The summed E-state index contributed by atoms with van der Waals surface area (Å²) in [5.41, 5.74) is 0. The zero-order valence-electron chi connectivity index (χ0n) is 6.28. The maximum absolute atomic E-state index is 9.42. The van der Waals surface area contributed by atoms with Crippen molar-refractivity contribution in [1.82, 2.24) is 5.01 Å². The maximum atomic E-state index is 9.42. The molecule has 11 heavy (non-hydrogen) atoms.